The molecule has 0 spiro atoms. The number of nitrogens with zero attached hydrogens (tertiary/aromatic N) is 1. The van der Waals surface area contributed by atoms with Gasteiger partial charge in [0.05, 0.1) is 0 Å². The van der Waals surface area contributed by atoms with Gasteiger partial charge in [-0.15, -0.1) is 0 Å². The van der Waals surface area contributed by atoms with Crippen molar-refractivity contribution in [1.29, 1.82) is 0 Å². The molecule has 2 aromatic rings. The fourth-order valence-corrected chi connectivity index (χ4v) is 3.48. The molecule has 0 bridgehead atoms. The molecule has 1 N–H and O–H groups in total. The third kappa shape index (κ3) is 6.48. The monoisotopic (exact) mass is 444 g/mol. The Hall–Kier alpha value is -2.14. The summed E-state index contributed by atoms with van der Waals surface area (Å²) in [7, 11) is 0. The standard InChI is InChI=1S/C23H29BrN2O2/c1-4-17(3)25-23(28)21(15-18-10-7-6-8-11-18)26(22(27)5-2)16-19-12-9-13-20(24)14-19/h6-14,17,21H,4-5,15-16H2,1-3H3,(H,25,28). The lowest BCUT2D eigenvalue weighted by Crippen LogP contribution is -2.52. The molecule has 0 aliphatic heterocycles. The van der Waals surface area contributed by atoms with Gasteiger partial charge in [0.2, 0.25) is 11.8 Å². The number of halogens is 1. The average Bonchev–Trinajstić information content (AvgIpc) is 2.70. The molecule has 0 aliphatic carbocycles. The Balaban J connectivity index is 2.35. The summed E-state index contributed by atoms with van der Waals surface area (Å²) < 4.78 is 0.956. The molecule has 2 amide bonds. The van der Waals surface area contributed by atoms with E-state index in [-0.39, 0.29) is 17.9 Å². The molecule has 2 aromatic carbocycles. The van der Waals surface area contributed by atoms with Crippen molar-refractivity contribution in [2.75, 3.05) is 0 Å². The fourth-order valence-electron chi connectivity index (χ4n) is 3.03. The summed E-state index contributed by atoms with van der Waals surface area (Å²) in [5.74, 6) is -0.129. The number of carbonyl (C=O) groups is 2. The third-order valence-electron chi connectivity index (χ3n) is 4.82. The van der Waals surface area contributed by atoms with E-state index in [9.17, 15) is 9.59 Å². The van der Waals surface area contributed by atoms with Gasteiger partial charge in [-0.05, 0) is 36.6 Å². The van der Waals surface area contributed by atoms with Gasteiger partial charge in [0.25, 0.3) is 0 Å². The maximum atomic E-state index is 13.1. The zero-order valence-electron chi connectivity index (χ0n) is 16.8. The molecule has 0 heterocycles. The van der Waals surface area contributed by atoms with Gasteiger partial charge in [-0.3, -0.25) is 9.59 Å². The van der Waals surface area contributed by atoms with E-state index in [0.29, 0.717) is 19.4 Å². The topological polar surface area (TPSA) is 49.4 Å². The summed E-state index contributed by atoms with van der Waals surface area (Å²) in [4.78, 5) is 27.7. The normalized spacial score (nSPS) is 12.9. The number of rotatable bonds is 9. The molecule has 0 radical (unpaired) electrons. The smallest absolute Gasteiger partial charge is 0.243 e. The van der Waals surface area contributed by atoms with Crippen LogP contribution in [-0.2, 0) is 22.6 Å². The predicted molar refractivity (Wildman–Crippen MR) is 117 cm³/mol. The molecule has 0 saturated carbocycles. The second kappa shape index (κ2) is 11.0. The number of benzene rings is 2. The van der Waals surface area contributed by atoms with Gasteiger partial charge in [0.15, 0.2) is 0 Å². The summed E-state index contributed by atoms with van der Waals surface area (Å²) in [6, 6.07) is 17.2. The van der Waals surface area contributed by atoms with Crippen LogP contribution in [0.5, 0.6) is 0 Å². The van der Waals surface area contributed by atoms with Crippen LogP contribution >= 0.6 is 15.9 Å². The number of carbonyl (C=O) groups excluding carboxylic acids is 2. The fraction of sp³-hybridized carbons (Fsp3) is 0.391. The third-order valence-corrected chi connectivity index (χ3v) is 5.31. The Morgan fingerprint density at radius 1 is 1.04 bits per heavy atom. The minimum Gasteiger partial charge on any atom is -0.352 e. The first-order chi connectivity index (χ1) is 13.4. The lowest BCUT2D eigenvalue weighted by atomic mass is 10.0. The quantitative estimate of drug-likeness (QED) is 0.608. The van der Waals surface area contributed by atoms with Crippen LogP contribution in [0, 0.1) is 0 Å². The zero-order chi connectivity index (χ0) is 20.5. The summed E-state index contributed by atoms with van der Waals surface area (Å²) >= 11 is 3.49. The minimum absolute atomic E-state index is 0.0276. The molecule has 2 atom stereocenters. The minimum atomic E-state index is -0.553. The highest BCUT2D eigenvalue weighted by Gasteiger charge is 2.30. The van der Waals surface area contributed by atoms with Gasteiger partial charge in [-0.25, -0.2) is 0 Å². The SMILES string of the molecule is CCC(=O)N(Cc1cccc(Br)c1)C(Cc1ccccc1)C(=O)NC(C)CC. The summed E-state index contributed by atoms with van der Waals surface area (Å²) in [6.07, 6.45) is 1.69. The zero-order valence-corrected chi connectivity index (χ0v) is 18.4. The molecule has 0 aromatic heterocycles. The van der Waals surface area contributed by atoms with Crippen LogP contribution in [0.15, 0.2) is 59.1 Å². The molecule has 5 heteroatoms. The van der Waals surface area contributed by atoms with Gasteiger partial charge in [-0.2, -0.15) is 0 Å². The first-order valence-corrected chi connectivity index (χ1v) is 10.6. The van der Waals surface area contributed by atoms with E-state index >= 15 is 0 Å². The Morgan fingerprint density at radius 3 is 2.32 bits per heavy atom. The second-order valence-electron chi connectivity index (χ2n) is 7.03. The largest absolute Gasteiger partial charge is 0.352 e. The van der Waals surface area contributed by atoms with Gasteiger partial charge in [0.1, 0.15) is 6.04 Å². The van der Waals surface area contributed by atoms with Gasteiger partial charge in [0, 0.05) is 29.9 Å². The first kappa shape index (κ1) is 22.2. The number of hydrogen-bond acceptors (Lipinski definition) is 2. The number of hydrogen-bond donors (Lipinski definition) is 1. The van der Waals surface area contributed by atoms with Crippen molar-refractivity contribution < 1.29 is 9.59 Å². The van der Waals surface area contributed by atoms with Crippen molar-refractivity contribution in [3.8, 4) is 0 Å². The van der Waals surface area contributed by atoms with Crippen LogP contribution in [0.1, 0.15) is 44.7 Å². The van der Waals surface area contributed by atoms with Crippen LogP contribution in [0.4, 0.5) is 0 Å². The number of amides is 2. The maximum absolute atomic E-state index is 13.1. The average molecular weight is 445 g/mol. The van der Waals surface area contributed by atoms with E-state index in [2.05, 4.69) is 21.2 Å². The lowest BCUT2D eigenvalue weighted by Gasteiger charge is -2.32. The van der Waals surface area contributed by atoms with Crippen LogP contribution in [-0.4, -0.2) is 28.8 Å². The first-order valence-electron chi connectivity index (χ1n) is 9.82. The molecule has 0 fully saturated rings. The maximum Gasteiger partial charge on any atom is 0.243 e. The van der Waals surface area contributed by atoms with Crippen LogP contribution in [0.3, 0.4) is 0 Å². The van der Waals surface area contributed by atoms with Gasteiger partial charge >= 0.3 is 0 Å². The van der Waals surface area contributed by atoms with Gasteiger partial charge in [-0.1, -0.05) is 72.2 Å². The summed E-state index contributed by atoms with van der Waals surface area (Å²) in [6.45, 7) is 6.26. The summed E-state index contributed by atoms with van der Waals surface area (Å²) in [5, 5.41) is 3.06. The van der Waals surface area contributed by atoms with Crippen molar-refractivity contribution in [3.05, 3.63) is 70.2 Å². The van der Waals surface area contributed by atoms with Crippen molar-refractivity contribution in [2.24, 2.45) is 0 Å². The molecular weight excluding hydrogens is 416 g/mol. The molecule has 28 heavy (non-hydrogen) atoms. The predicted octanol–water partition coefficient (Wildman–Crippen LogP) is 4.71. The van der Waals surface area contributed by atoms with E-state index < -0.39 is 6.04 Å². The summed E-state index contributed by atoms with van der Waals surface area (Å²) in [5.41, 5.74) is 2.03. The van der Waals surface area contributed by atoms with Gasteiger partial charge < -0.3 is 10.2 Å². The highest BCUT2D eigenvalue weighted by Crippen LogP contribution is 2.18. The highest BCUT2D eigenvalue weighted by molar-refractivity contribution is 9.10. The van der Waals surface area contributed by atoms with Crippen LogP contribution in [0.25, 0.3) is 0 Å². The lowest BCUT2D eigenvalue weighted by molar-refractivity contribution is -0.141. The van der Waals surface area contributed by atoms with E-state index in [1.807, 2.05) is 75.4 Å². The van der Waals surface area contributed by atoms with Crippen molar-refractivity contribution in [2.45, 2.75) is 58.7 Å². The van der Waals surface area contributed by atoms with Crippen LogP contribution in [0.2, 0.25) is 0 Å². The van der Waals surface area contributed by atoms with E-state index in [1.54, 1.807) is 4.90 Å². The molecule has 4 nitrogen and oxygen atoms in total. The molecule has 2 unspecified atom stereocenters. The molecule has 0 aliphatic rings. The number of nitrogens with one attached hydrogen (secondary N) is 1. The van der Waals surface area contributed by atoms with Crippen molar-refractivity contribution in [3.63, 3.8) is 0 Å². The second-order valence-corrected chi connectivity index (χ2v) is 7.94. The van der Waals surface area contributed by atoms with E-state index in [4.69, 9.17) is 0 Å². The molecule has 0 saturated heterocycles. The Bertz CT molecular complexity index is 779. The van der Waals surface area contributed by atoms with E-state index in [1.165, 1.54) is 0 Å². The molecule has 150 valence electrons. The molecule has 2 rings (SSSR count). The Kier molecular flexibility index (Phi) is 8.71. The Labute approximate surface area is 176 Å². The van der Waals surface area contributed by atoms with Crippen molar-refractivity contribution in [1.82, 2.24) is 10.2 Å². The Morgan fingerprint density at radius 2 is 1.71 bits per heavy atom. The van der Waals surface area contributed by atoms with E-state index in [0.717, 1.165) is 22.0 Å². The van der Waals surface area contributed by atoms with Crippen molar-refractivity contribution >= 4 is 27.7 Å². The molecular formula is C23H29BrN2O2. The highest BCUT2D eigenvalue weighted by atomic mass is 79.9. The van der Waals surface area contributed by atoms with Crippen LogP contribution < -0.4 is 5.32 Å².